The first-order valence-corrected chi connectivity index (χ1v) is 6.89. The molecule has 4 rings (SSSR count). The van der Waals surface area contributed by atoms with Gasteiger partial charge in [-0.15, -0.1) is 0 Å². The summed E-state index contributed by atoms with van der Waals surface area (Å²) in [5.74, 6) is -0.218. The van der Waals surface area contributed by atoms with E-state index < -0.39 is 0 Å². The molecular weight excluding hydrogens is 263 g/mol. The van der Waals surface area contributed by atoms with Crippen LogP contribution in [0.15, 0.2) is 59.7 Å². The zero-order chi connectivity index (χ0) is 14.2. The van der Waals surface area contributed by atoms with Crippen LogP contribution in [0.25, 0.3) is 22.4 Å². The second-order valence-corrected chi connectivity index (χ2v) is 5.10. The van der Waals surface area contributed by atoms with Gasteiger partial charge in [0.2, 0.25) is 0 Å². The van der Waals surface area contributed by atoms with Crippen molar-refractivity contribution in [2.45, 2.75) is 6.54 Å². The third-order valence-electron chi connectivity index (χ3n) is 3.83. The summed E-state index contributed by atoms with van der Waals surface area (Å²) in [6.07, 6.45) is 3.82. The Hall–Kier alpha value is -2.68. The molecule has 1 N–H and O–H groups in total. The lowest BCUT2D eigenvalue weighted by Crippen LogP contribution is -1.90. The molecule has 2 heterocycles. The molecule has 3 heteroatoms. The number of benzene rings is 2. The lowest BCUT2D eigenvalue weighted by atomic mass is 9.95. The number of hydrogen-bond donors (Lipinski definition) is 1. The molecule has 102 valence electrons. The molecule has 0 atom stereocenters. The minimum absolute atomic E-state index is 0.218. The highest BCUT2D eigenvalue weighted by Crippen LogP contribution is 2.38. The molecule has 2 aromatic carbocycles. The summed E-state index contributed by atoms with van der Waals surface area (Å²) in [7, 11) is 0. The van der Waals surface area contributed by atoms with Crippen LogP contribution in [-0.4, -0.2) is 11.2 Å². The van der Waals surface area contributed by atoms with Gasteiger partial charge in [-0.05, 0) is 23.3 Å². The molecule has 21 heavy (non-hydrogen) atoms. The predicted octanol–water partition coefficient (Wildman–Crippen LogP) is 4.42. The van der Waals surface area contributed by atoms with Crippen LogP contribution in [0.4, 0.5) is 4.39 Å². The predicted molar refractivity (Wildman–Crippen MR) is 82.9 cm³/mol. The number of rotatable bonds is 1. The Morgan fingerprint density at radius 1 is 0.952 bits per heavy atom. The fourth-order valence-electron chi connectivity index (χ4n) is 2.85. The fourth-order valence-corrected chi connectivity index (χ4v) is 2.85. The van der Waals surface area contributed by atoms with Gasteiger partial charge in [0, 0.05) is 29.1 Å². The van der Waals surface area contributed by atoms with Crippen molar-refractivity contribution in [1.29, 1.82) is 0 Å². The maximum Gasteiger partial charge on any atom is 0.132 e. The van der Waals surface area contributed by atoms with Gasteiger partial charge in [0.05, 0.1) is 12.2 Å². The summed E-state index contributed by atoms with van der Waals surface area (Å²) in [6.45, 7) is 0.606. The number of hydrogen-bond acceptors (Lipinski definition) is 1. The van der Waals surface area contributed by atoms with E-state index >= 15 is 0 Å². The van der Waals surface area contributed by atoms with Gasteiger partial charge in [0.15, 0.2) is 0 Å². The molecule has 0 unspecified atom stereocenters. The smallest absolute Gasteiger partial charge is 0.132 e. The van der Waals surface area contributed by atoms with Crippen molar-refractivity contribution in [3.8, 4) is 22.4 Å². The van der Waals surface area contributed by atoms with E-state index in [2.05, 4.69) is 16.0 Å². The summed E-state index contributed by atoms with van der Waals surface area (Å²) in [6, 6.07) is 14.9. The van der Waals surface area contributed by atoms with Crippen molar-refractivity contribution in [3.63, 3.8) is 0 Å². The Morgan fingerprint density at radius 3 is 2.57 bits per heavy atom. The number of aromatic nitrogens is 1. The van der Waals surface area contributed by atoms with Crippen LogP contribution in [0, 0.1) is 5.82 Å². The maximum absolute atomic E-state index is 14.1. The van der Waals surface area contributed by atoms with Gasteiger partial charge in [-0.25, -0.2) is 4.39 Å². The van der Waals surface area contributed by atoms with Crippen LogP contribution >= 0.6 is 0 Å². The zero-order valence-electron chi connectivity index (χ0n) is 11.3. The van der Waals surface area contributed by atoms with E-state index in [0.29, 0.717) is 12.1 Å². The van der Waals surface area contributed by atoms with E-state index in [1.807, 2.05) is 36.7 Å². The van der Waals surface area contributed by atoms with Gasteiger partial charge in [0.25, 0.3) is 0 Å². The van der Waals surface area contributed by atoms with Crippen molar-refractivity contribution in [2.24, 2.45) is 4.99 Å². The maximum atomic E-state index is 14.1. The molecule has 0 spiro atoms. The molecule has 1 aromatic heterocycles. The average molecular weight is 276 g/mol. The Bertz CT molecular complexity index is 846. The summed E-state index contributed by atoms with van der Waals surface area (Å²) in [4.78, 5) is 7.67. The molecule has 1 aliphatic heterocycles. The number of nitrogens with one attached hydrogen (secondary N) is 1. The highest BCUT2D eigenvalue weighted by atomic mass is 19.1. The summed E-state index contributed by atoms with van der Waals surface area (Å²) in [5.41, 5.74) is 5.71. The molecule has 0 bridgehead atoms. The van der Waals surface area contributed by atoms with Gasteiger partial charge in [-0.3, -0.25) is 4.99 Å². The topological polar surface area (TPSA) is 28.1 Å². The minimum atomic E-state index is -0.218. The largest absolute Gasteiger partial charge is 0.360 e. The summed E-state index contributed by atoms with van der Waals surface area (Å²) >= 11 is 0. The molecule has 0 fully saturated rings. The average Bonchev–Trinajstić information content (AvgIpc) is 2.83. The Morgan fingerprint density at radius 2 is 1.71 bits per heavy atom. The van der Waals surface area contributed by atoms with Crippen molar-refractivity contribution in [3.05, 3.63) is 71.7 Å². The molecular formula is C18H13FN2. The van der Waals surface area contributed by atoms with Gasteiger partial charge >= 0.3 is 0 Å². The highest BCUT2D eigenvalue weighted by molar-refractivity contribution is 5.96. The van der Waals surface area contributed by atoms with Crippen molar-refractivity contribution in [1.82, 2.24) is 4.98 Å². The Balaban J connectivity index is 2.02. The summed E-state index contributed by atoms with van der Waals surface area (Å²) in [5, 5.41) is 0. The van der Waals surface area contributed by atoms with Crippen LogP contribution in [0.5, 0.6) is 0 Å². The first-order valence-electron chi connectivity index (χ1n) is 6.89. The number of H-pyrrole nitrogens is 1. The Labute approximate surface area is 122 Å². The molecule has 0 radical (unpaired) electrons. The molecule has 2 nitrogen and oxygen atoms in total. The number of aliphatic imine (C=N–C) groups is 1. The zero-order valence-corrected chi connectivity index (χ0v) is 11.3. The first-order chi connectivity index (χ1) is 10.3. The normalized spacial score (nSPS) is 12.6. The van der Waals surface area contributed by atoms with E-state index in [1.54, 1.807) is 12.1 Å². The van der Waals surface area contributed by atoms with E-state index in [-0.39, 0.29) is 5.82 Å². The van der Waals surface area contributed by atoms with Gasteiger partial charge in [-0.1, -0.05) is 36.4 Å². The van der Waals surface area contributed by atoms with Crippen LogP contribution in [-0.2, 0) is 6.54 Å². The molecule has 0 aliphatic carbocycles. The minimum Gasteiger partial charge on any atom is -0.360 e. The van der Waals surface area contributed by atoms with E-state index in [4.69, 9.17) is 0 Å². The van der Waals surface area contributed by atoms with Gasteiger partial charge < -0.3 is 4.98 Å². The molecule has 1 aliphatic rings. The monoisotopic (exact) mass is 276 g/mol. The van der Waals surface area contributed by atoms with E-state index in [9.17, 15) is 4.39 Å². The number of nitrogens with zero attached hydrogens (tertiary/aromatic N) is 1. The van der Waals surface area contributed by atoms with Crippen molar-refractivity contribution >= 4 is 6.21 Å². The second-order valence-electron chi connectivity index (χ2n) is 5.10. The highest BCUT2D eigenvalue weighted by Gasteiger charge is 2.19. The lowest BCUT2D eigenvalue weighted by molar-refractivity contribution is 0.631. The molecule has 0 saturated heterocycles. The van der Waals surface area contributed by atoms with Gasteiger partial charge in [-0.2, -0.15) is 0 Å². The third-order valence-corrected chi connectivity index (χ3v) is 3.83. The van der Waals surface area contributed by atoms with Gasteiger partial charge in [0.1, 0.15) is 5.82 Å². The second kappa shape index (κ2) is 4.70. The van der Waals surface area contributed by atoms with Crippen LogP contribution in [0.2, 0.25) is 0 Å². The van der Waals surface area contributed by atoms with Crippen molar-refractivity contribution < 1.29 is 4.39 Å². The van der Waals surface area contributed by atoms with Crippen LogP contribution in [0.1, 0.15) is 11.1 Å². The first kappa shape index (κ1) is 12.1. The van der Waals surface area contributed by atoms with E-state index in [1.165, 1.54) is 6.07 Å². The standard InChI is InChI=1S/C18H13FN2/c19-16-8-4-3-7-15(16)18-17-13(11-21-18)10-20-9-12-5-1-2-6-14(12)17/h1-9,11,21H,10H2. The molecule has 0 amide bonds. The third kappa shape index (κ3) is 1.89. The quantitative estimate of drug-likeness (QED) is 0.681. The van der Waals surface area contributed by atoms with Crippen LogP contribution in [0.3, 0.4) is 0 Å². The molecule has 0 saturated carbocycles. The van der Waals surface area contributed by atoms with Crippen molar-refractivity contribution in [2.75, 3.05) is 0 Å². The molecule has 3 aromatic rings. The SMILES string of the molecule is Fc1ccccc1-c1[nH]cc2c1-c1ccccc1C=NC2. The van der Waals surface area contributed by atoms with E-state index in [0.717, 1.165) is 27.9 Å². The number of fused-ring (bicyclic) bond motifs is 3. The summed E-state index contributed by atoms with van der Waals surface area (Å²) < 4.78 is 14.1. The Kier molecular flexibility index (Phi) is 2.71. The fraction of sp³-hybridized carbons (Fsp3) is 0.0556. The number of aromatic amines is 1. The van der Waals surface area contributed by atoms with Crippen LogP contribution < -0.4 is 0 Å². The lowest BCUT2D eigenvalue weighted by Gasteiger charge is -2.09. The number of halogens is 1.